The Labute approximate surface area is 118 Å². The number of ether oxygens (including phenoxy) is 3. The highest BCUT2D eigenvalue weighted by molar-refractivity contribution is 5.94. The first-order valence-electron chi connectivity index (χ1n) is 6.16. The zero-order valence-electron chi connectivity index (χ0n) is 12.1. The zero-order valence-corrected chi connectivity index (χ0v) is 12.1. The molecule has 0 radical (unpaired) electrons. The van der Waals surface area contributed by atoms with Crippen molar-refractivity contribution in [3.63, 3.8) is 0 Å². The number of carbonyl (C=O) groups is 2. The molecule has 0 aliphatic heterocycles. The van der Waals surface area contributed by atoms with Gasteiger partial charge >= 0.3 is 5.97 Å². The van der Waals surface area contributed by atoms with Gasteiger partial charge in [-0.3, -0.25) is 9.59 Å². The van der Waals surface area contributed by atoms with Gasteiger partial charge in [0.25, 0.3) is 5.91 Å². The van der Waals surface area contributed by atoms with Crippen LogP contribution in [0.4, 0.5) is 5.69 Å². The molecule has 1 amide bonds. The molecule has 0 aromatic heterocycles. The highest BCUT2D eigenvalue weighted by Crippen LogP contribution is 2.28. The summed E-state index contributed by atoms with van der Waals surface area (Å²) in [4.78, 5) is 23.0. The lowest BCUT2D eigenvalue weighted by atomic mass is 10.2. The number of nitrogens with one attached hydrogen (secondary N) is 1. The zero-order chi connectivity index (χ0) is 15.1. The summed E-state index contributed by atoms with van der Waals surface area (Å²) in [6, 6.07) is 5.02. The smallest absolute Gasteiger partial charge is 0.308 e. The molecule has 0 heterocycles. The van der Waals surface area contributed by atoms with E-state index in [1.54, 1.807) is 32.0 Å². The molecule has 0 spiro atoms. The molecule has 0 unspecified atom stereocenters. The lowest BCUT2D eigenvalue weighted by molar-refractivity contribution is -0.150. The Morgan fingerprint density at radius 3 is 2.45 bits per heavy atom. The lowest BCUT2D eigenvalue weighted by Crippen LogP contribution is -2.23. The first-order valence-corrected chi connectivity index (χ1v) is 6.16. The van der Waals surface area contributed by atoms with Crippen molar-refractivity contribution < 1.29 is 23.8 Å². The SMILES string of the molecule is COc1ccc(OC)c(NC(=O)COC(=O)C(C)C)c1. The van der Waals surface area contributed by atoms with Crippen molar-refractivity contribution in [1.82, 2.24) is 0 Å². The Hall–Kier alpha value is -2.24. The van der Waals surface area contributed by atoms with Gasteiger partial charge in [0.05, 0.1) is 25.8 Å². The monoisotopic (exact) mass is 281 g/mol. The fraction of sp³-hybridized carbons (Fsp3) is 0.429. The molecule has 0 aliphatic carbocycles. The molecule has 1 rings (SSSR count). The van der Waals surface area contributed by atoms with Crippen LogP contribution in [0.25, 0.3) is 0 Å². The predicted octanol–water partition coefficient (Wildman–Crippen LogP) is 1.84. The van der Waals surface area contributed by atoms with E-state index in [0.717, 1.165) is 0 Å². The average molecular weight is 281 g/mol. The molecule has 110 valence electrons. The van der Waals surface area contributed by atoms with Crippen LogP contribution in [0, 0.1) is 5.92 Å². The minimum Gasteiger partial charge on any atom is -0.497 e. The summed E-state index contributed by atoms with van der Waals surface area (Å²) in [6.45, 7) is 3.06. The van der Waals surface area contributed by atoms with Gasteiger partial charge in [-0.2, -0.15) is 0 Å². The average Bonchev–Trinajstić information content (AvgIpc) is 2.44. The topological polar surface area (TPSA) is 73.9 Å². The Balaban J connectivity index is 2.67. The van der Waals surface area contributed by atoms with Gasteiger partial charge in [-0.25, -0.2) is 0 Å². The first-order chi connectivity index (χ1) is 9.47. The molecule has 0 bridgehead atoms. The van der Waals surface area contributed by atoms with Gasteiger partial charge in [-0.15, -0.1) is 0 Å². The standard InChI is InChI=1S/C14H19NO5/c1-9(2)14(17)20-8-13(16)15-11-7-10(18-3)5-6-12(11)19-4/h5-7,9H,8H2,1-4H3,(H,15,16). The minimum absolute atomic E-state index is 0.269. The first kappa shape index (κ1) is 15.8. The van der Waals surface area contributed by atoms with Gasteiger partial charge in [0.15, 0.2) is 6.61 Å². The number of hydrogen-bond donors (Lipinski definition) is 1. The third kappa shape index (κ3) is 4.46. The van der Waals surface area contributed by atoms with Crippen molar-refractivity contribution in [3.8, 4) is 11.5 Å². The van der Waals surface area contributed by atoms with Crippen LogP contribution in [-0.2, 0) is 14.3 Å². The number of esters is 1. The molecule has 6 nitrogen and oxygen atoms in total. The molecule has 0 fully saturated rings. The molecule has 20 heavy (non-hydrogen) atoms. The number of benzene rings is 1. The Morgan fingerprint density at radius 2 is 1.90 bits per heavy atom. The van der Waals surface area contributed by atoms with Gasteiger partial charge in [0.1, 0.15) is 11.5 Å². The molecule has 0 aliphatic rings. The van der Waals surface area contributed by atoms with E-state index in [0.29, 0.717) is 17.2 Å². The number of amides is 1. The third-order valence-corrected chi connectivity index (χ3v) is 2.50. The minimum atomic E-state index is -0.439. The van der Waals surface area contributed by atoms with Crippen LogP contribution in [0.15, 0.2) is 18.2 Å². The van der Waals surface area contributed by atoms with E-state index in [-0.39, 0.29) is 12.5 Å². The number of anilines is 1. The number of carbonyl (C=O) groups excluding carboxylic acids is 2. The van der Waals surface area contributed by atoms with E-state index < -0.39 is 11.9 Å². The van der Waals surface area contributed by atoms with Crippen LogP contribution in [0.2, 0.25) is 0 Å². The van der Waals surface area contributed by atoms with Gasteiger partial charge in [0.2, 0.25) is 0 Å². The largest absolute Gasteiger partial charge is 0.497 e. The molecular weight excluding hydrogens is 262 g/mol. The summed E-state index contributed by atoms with van der Waals surface area (Å²) in [6.07, 6.45) is 0. The predicted molar refractivity (Wildman–Crippen MR) is 74.0 cm³/mol. The second-order valence-electron chi connectivity index (χ2n) is 4.38. The van der Waals surface area contributed by atoms with Gasteiger partial charge < -0.3 is 19.5 Å². The Kier molecular flexibility index (Phi) is 5.83. The van der Waals surface area contributed by atoms with Gasteiger partial charge in [-0.1, -0.05) is 13.8 Å². The van der Waals surface area contributed by atoms with Crippen molar-refractivity contribution in [3.05, 3.63) is 18.2 Å². The molecular formula is C14H19NO5. The number of methoxy groups -OCH3 is 2. The second-order valence-corrected chi connectivity index (χ2v) is 4.38. The Bertz CT molecular complexity index is 484. The van der Waals surface area contributed by atoms with Crippen LogP contribution < -0.4 is 14.8 Å². The second kappa shape index (κ2) is 7.37. The fourth-order valence-corrected chi connectivity index (χ4v) is 1.40. The van der Waals surface area contributed by atoms with Crippen LogP contribution in [-0.4, -0.2) is 32.7 Å². The quantitative estimate of drug-likeness (QED) is 0.805. The molecule has 1 aromatic rings. The van der Waals surface area contributed by atoms with Crippen LogP contribution in [0.1, 0.15) is 13.8 Å². The molecule has 1 N–H and O–H groups in total. The Morgan fingerprint density at radius 1 is 1.20 bits per heavy atom. The summed E-state index contributed by atoms with van der Waals surface area (Å²) >= 11 is 0. The summed E-state index contributed by atoms with van der Waals surface area (Å²) in [5.74, 6) is -0.0490. The number of rotatable bonds is 6. The van der Waals surface area contributed by atoms with E-state index in [1.807, 2.05) is 0 Å². The van der Waals surface area contributed by atoms with Crippen molar-refractivity contribution in [2.45, 2.75) is 13.8 Å². The fourth-order valence-electron chi connectivity index (χ4n) is 1.40. The van der Waals surface area contributed by atoms with Crippen molar-refractivity contribution in [2.24, 2.45) is 5.92 Å². The van der Waals surface area contributed by atoms with Crippen LogP contribution in [0.3, 0.4) is 0 Å². The highest BCUT2D eigenvalue weighted by atomic mass is 16.5. The summed E-state index contributed by atoms with van der Waals surface area (Å²) in [5.41, 5.74) is 0.456. The summed E-state index contributed by atoms with van der Waals surface area (Å²) < 4.78 is 15.0. The maximum Gasteiger partial charge on any atom is 0.308 e. The maximum atomic E-state index is 11.7. The van der Waals surface area contributed by atoms with Crippen molar-refractivity contribution in [2.75, 3.05) is 26.1 Å². The lowest BCUT2D eigenvalue weighted by Gasteiger charge is -2.12. The molecule has 1 aromatic carbocycles. The van der Waals surface area contributed by atoms with Gasteiger partial charge in [0, 0.05) is 6.07 Å². The van der Waals surface area contributed by atoms with E-state index in [9.17, 15) is 9.59 Å². The van der Waals surface area contributed by atoms with E-state index in [4.69, 9.17) is 14.2 Å². The van der Waals surface area contributed by atoms with Gasteiger partial charge in [-0.05, 0) is 12.1 Å². The normalized spacial score (nSPS) is 10.1. The van der Waals surface area contributed by atoms with E-state index in [1.165, 1.54) is 14.2 Å². The van der Waals surface area contributed by atoms with Crippen molar-refractivity contribution in [1.29, 1.82) is 0 Å². The number of hydrogen-bond acceptors (Lipinski definition) is 5. The van der Waals surface area contributed by atoms with Crippen molar-refractivity contribution >= 4 is 17.6 Å². The van der Waals surface area contributed by atoms with E-state index in [2.05, 4.69) is 5.32 Å². The molecule has 6 heteroatoms. The van der Waals surface area contributed by atoms with E-state index >= 15 is 0 Å². The third-order valence-electron chi connectivity index (χ3n) is 2.50. The molecule has 0 saturated carbocycles. The van der Waals surface area contributed by atoms with Crippen LogP contribution in [0.5, 0.6) is 11.5 Å². The molecule has 0 saturated heterocycles. The summed E-state index contributed by atoms with van der Waals surface area (Å²) in [5, 5.41) is 2.61. The molecule has 0 atom stereocenters. The van der Waals surface area contributed by atoms with Crippen LogP contribution >= 0.6 is 0 Å². The summed E-state index contributed by atoms with van der Waals surface area (Å²) in [7, 11) is 3.02. The maximum absolute atomic E-state index is 11.7. The highest BCUT2D eigenvalue weighted by Gasteiger charge is 2.13.